The molecule has 0 aliphatic heterocycles. The van der Waals surface area contributed by atoms with Crippen LogP contribution in [0.25, 0.3) is 21.3 Å². The maximum atomic E-state index is 13.6. The highest BCUT2D eigenvalue weighted by Gasteiger charge is 2.15. The Labute approximate surface area is 137 Å². The lowest BCUT2D eigenvalue weighted by molar-refractivity contribution is 0.414. The smallest absolute Gasteiger partial charge is 0.124 e. The Bertz CT molecular complexity index is 1000. The molecule has 0 aliphatic carbocycles. The molecule has 2 aromatic carbocycles. The summed E-state index contributed by atoms with van der Waals surface area (Å²) in [6.45, 7) is 2.70. The van der Waals surface area contributed by atoms with Crippen LogP contribution < -0.4 is 4.74 Å². The zero-order chi connectivity index (χ0) is 16.0. The summed E-state index contributed by atoms with van der Waals surface area (Å²) in [5.41, 5.74) is 3.06. The predicted molar refractivity (Wildman–Crippen MR) is 91.9 cm³/mol. The molecule has 0 radical (unpaired) electrons. The summed E-state index contributed by atoms with van der Waals surface area (Å²) in [4.78, 5) is 5.67. The van der Waals surface area contributed by atoms with Gasteiger partial charge in [0.15, 0.2) is 0 Å². The minimum atomic E-state index is -0.230. The Hall–Kier alpha value is -2.40. The second kappa shape index (κ2) is 5.35. The van der Waals surface area contributed by atoms with Crippen LogP contribution in [0, 0.1) is 12.7 Å². The summed E-state index contributed by atoms with van der Waals surface area (Å²) in [7, 11) is 1.66. The average molecular weight is 326 g/mol. The zero-order valence-electron chi connectivity index (χ0n) is 12.8. The van der Waals surface area contributed by atoms with Crippen LogP contribution in [0.3, 0.4) is 0 Å². The van der Waals surface area contributed by atoms with Gasteiger partial charge in [-0.1, -0.05) is 12.1 Å². The van der Waals surface area contributed by atoms with Gasteiger partial charge in [-0.25, -0.2) is 9.37 Å². The van der Waals surface area contributed by atoms with Crippen molar-refractivity contribution in [2.24, 2.45) is 0 Å². The van der Waals surface area contributed by atoms with Crippen LogP contribution in [-0.2, 0) is 6.54 Å². The monoisotopic (exact) mass is 326 g/mol. The third-order valence-electron chi connectivity index (χ3n) is 3.97. The molecule has 0 atom stereocenters. The Morgan fingerprint density at radius 2 is 1.96 bits per heavy atom. The number of ether oxygens (including phenoxy) is 1. The summed E-state index contributed by atoms with van der Waals surface area (Å²) in [5.74, 6) is 0.610. The molecule has 23 heavy (non-hydrogen) atoms. The van der Waals surface area contributed by atoms with Crippen molar-refractivity contribution < 1.29 is 9.13 Å². The van der Waals surface area contributed by atoms with Crippen molar-refractivity contribution in [3.05, 3.63) is 58.9 Å². The zero-order valence-corrected chi connectivity index (χ0v) is 13.7. The van der Waals surface area contributed by atoms with Gasteiger partial charge >= 0.3 is 0 Å². The Morgan fingerprint density at radius 1 is 1.17 bits per heavy atom. The standard InChI is InChI=1S/C18H15FN2OS/c1-11-20-17-15-9-13(19)5-8-16(15)21(18(17)23-11)10-12-3-6-14(22-2)7-4-12/h3-9H,10H2,1-2H3. The average Bonchev–Trinajstić information content (AvgIpc) is 3.05. The van der Waals surface area contributed by atoms with Crippen LogP contribution in [0.2, 0.25) is 0 Å². The van der Waals surface area contributed by atoms with Gasteiger partial charge in [0, 0.05) is 11.9 Å². The molecule has 116 valence electrons. The van der Waals surface area contributed by atoms with Gasteiger partial charge in [-0.2, -0.15) is 0 Å². The van der Waals surface area contributed by atoms with Gasteiger partial charge in [-0.05, 0) is 42.8 Å². The molecule has 0 saturated carbocycles. The maximum absolute atomic E-state index is 13.6. The molecular weight excluding hydrogens is 311 g/mol. The van der Waals surface area contributed by atoms with E-state index in [-0.39, 0.29) is 5.82 Å². The van der Waals surface area contributed by atoms with E-state index in [1.807, 2.05) is 37.3 Å². The quantitative estimate of drug-likeness (QED) is 0.543. The molecule has 0 fully saturated rings. The van der Waals surface area contributed by atoms with E-state index < -0.39 is 0 Å². The number of rotatable bonds is 3. The fourth-order valence-electron chi connectivity index (χ4n) is 2.89. The number of fused-ring (bicyclic) bond motifs is 3. The Kier molecular flexibility index (Phi) is 3.31. The molecule has 0 saturated heterocycles. The fourth-order valence-corrected chi connectivity index (χ4v) is 3.83. The van der Waals surface area contributed by atoms with E-state index in [0.29, 0.717) is 0 Å². The van der Waals surface area contributed by atoms with E-state index in [1.54, 1.807) is 24.5 Å². The molecule has 5 heteroatoms. The second-order valence-electron chi connectivity index (χ2n) is 5.48. The molecule has 3 nitrogen and oxygen atoms in total. The van der Waals surface area contributed by atoms with Crippen molar-refractivity contribution in [3.63, 3.8) is 0 Å². The second-order valence-corrected chi connectivity index (χ2v) is 6.66. The SMILES string of the molecule is COc1ccc(Cn2c3ccc(F)cc3c3nc(C)sc32)cc1. The van der Waals surface area contributed by atoms with E-state index in [9.17, 15) is 4.39 Å². The number of halogens is 1. The van der Waals surface area contributed by atoms with E-state index in [4.69, 9.17) is 4.74 Å². The van der Waals surface area contributed by atoms with Gasteiger partial charge in [0.25, 0.3) is 0 Å². The van der Waals surface area contributed by atoms with Crippen LogP contribution >= 0.6 is 11.3 Å². The number of nitrogens with zero attached hydrogens (tertiary/aromatic N) is 2. The highest BCUT2D eigenvalue weighted by Crippen LogP contribution is 2.33. The first-order chi connectivity index (χ1) is 11.2. The largest absolute Gasteiger partial charge is 0.497 e. The van der Waals surface area contributed by atoms with Crippen molar-refractivity contribution in [1.29, 1.82) is 0 Å². The third-order valence-corrected chi connectivity index (χ3v) is 4.96. The van der Waals surface area contributed by atoms with Crippen molar-refractivity contribution in [1.82, 2.24) is 9.55 Å². The number of hydrogen-bond acceptors (Lipinski definition) is 3. The highest BCUT2D eigenvalue weighted by atomic mass is 32.1. The summed E-state index contributed by atoms with van der Waals surface area (Å²) in [6, 6.07) is 12.9. The molecule has 4 rings (SSSR count). The molecular formula is C18H15FN2OS. The summed E-state index contributed by atoms with van der Waals surface area (Å²) >= 11 is 1.64. The topological polar surface area (TPSA) is 27.1 Å². The van der Waals surface area contributed by atoms with Crippen molar-refractivity contribution >= 4 is 32.6 Å². The van der Waals surface area contributed by atoms with Gasteiger partial charge in [-0.15, -0.1) is 11.3 Å². The van der Waals surface area contributed by atoms with Crippen LogP contribution in [0.15, 0.2) is 42.5 Å². The lowest BCUT2D eigenvalue weighted by Crippen LogP contribution is -1.98. The first-order valence-corrected chi connectivity index (χ1v) is 8.15. The van der Waals surface area contributed by atoms with Gasteiger partial charge in [-0.3, -0.25) is 0 Å². The fraction of sp³-hybridized carbons (Fsp3) is 0.167. The molecule has 4 aromatic rings. The minimum absolute atomic E-state index is 0.230. The molecule has 0 bridgehead atoms. The third kappa shape index (κ3) is 2.37. The summed E-state index contributed by atoms with van der Waals surface area (Å²) in [5, 5.41) is 1.86. The number of methoxy groups -OCH3 is 1. The van der Waals surface area contributed by atoms with Crippen LogP contribution in [0.4, 0.5) is 4.39 Å². The first kappa shape index (κ1) is 14.2. The molecule has 0 N–H and O–H groups in total. The number of thiazole rings is 1. The highest BCUT2D eigenvalue weighted by molar-refractivity contribution is 7.18. The molecule has 0 amide bonds. The van der Waals surface area contributed by atoms with E-state index in [2.05, 4.69) is 9.55 Å². The predicted octanol–water partition coefficient (Wildman–Crippen LogP) is 4.76. The molecule has 2 heterocycles. The van der Waals surface area contributed by atoms with Crippen molar-refractivity contribution in [2.75, 3.05) is 7.11 Å². The molecule has 2 aromatic heterocycles. The van der Waals surface area contributed by atoms with Gasteiger partial charge in [0.1, 0.15) is 21.9 Å². The van der Waals surface area contributed by atoms with Gasteiger partial charge in [0.2, 0.25) is 0 Å². The number of benzene rings is 2. The van der Waals surface area contributed by atoms with Crippen LogP contribution in [0.1, 0.15) is 10.6 Å². The van der Waals surface area contributed by atoms with Gasteiger partial charge < -0.3 is 9.30 Å². The maximum Gasteiger partial charge on any atom is 0.124 e. The number of aromatic nitrogens is 2. The van der Waals surface area contributed by atoms with Gasteiger partial charge in [0.05, 0.1) is 17.6 Å². The number of aryl methyl sites for hydroxylation is 1. The normalized spacial score (nSPS) is 11.4. The lowest BCUT2D eigenvalue weighted by Gasteiger charge is -2.07. The Balaban J connectivity index is 1.89. The molecule has 0 aliphatic rings. The molecule has 0 spiro atoms. The Morgan fingerprint density at radius 3 is 2.70 bits per heavy atom. The minimum Gasteiger partial charge on any atom is -0.497 e. The van der Waals surface area contributed by atoms with Crippen LogP contribution in [-0.4, -0.2) is 16.7 Å². The molecule has 0 unspecified atom stereocenters. The van der Waals surface area contributed by atoms with Crippen LogP contribution in [0.5, 0.6) is 5.75 Å². The van der Waals surface area contributed by atoms with Crippen molar-refractivity contribution in [3.8, 4) is 5.75 Å². The van der Waals surface area contributed by atoms with E-state index in [0.717, 1.165) is 38.6 Å². The summed E-state index contributed by atoms with van der Waals surface area (Å²) in [6.07, 6.45) is 0. The first-order valence-electron chi connectivity index (χ1n) is 7.33. The summed E-state index contributed by atoms with van der Waals surface area (Å²) < 4.78 is 21.1. The number of hydrogen-bond donors (Lipinski definition) is 0. The van der Waals surface area contributed by atoms with E-state index >= 15 is 0 Å². The lowest BCUT2D eigenvalue weighted by atomic mass is 10.2. The van der Waals surface area contributed by atoms with Crippen molar-refractivity contribution in [2.45, 2.75) is 13.5 Å². The van der Waals surface area contributed by atoms with E-state index in [1.165, 1.54) is 11.6 Å².